The summed E-state index contributed by atoms with van der Waals surface area (Å²) < 4.78 is 19.0. The number of nitrogens with zero attached hydrogens (tertiary/aromatic N) is 1. The molecule has 9 heteroatoms. The van der Waals surface area contributed by atoms with Crippen LogP contribution in [0, 0.1) is 19.7 Å². The van der Waals surface area contributed by atoms with E-state index in [0.29, 0.717) is 17.0 Å². The number of carbonyl (C=O) groups is 3. The molecule has 3 amide bonds. The van der Waals surface area contributed by atoms with Crippen molar-refractivity contribution in [3.8, 4) is 5.75 Å². The highest BCUT2D eigenvalue weighted by molar-refractivity contribution is 6.39. The molecular formula is C25H23FN4O4. The number of nitrogens with one attached hydrogen (secondary N) is 3. The van der Waals surface area contributed by atoms with Crippen LogP contribution in [0.1, 0.15) is 16.7 Å². The molecule has 0 aliphatic carbocycles. The zero-order chi connectivity index (χ0) is 24.5. The molecule has 0 atom stereocenters. The van der Waals surface area contributed by atoms with Gasteiger partial charge in [-0.05, 0) is 79.1 Å². The van der Waals surface area contributed by atoms with Gasteiger partial charge in [-0.15, -0.1) is 0 Å². The third kappa shape index (κ3) is 7.27. The lowest BCUT2D eigenvalue weighted by Gasteiger charge is -2.09. The lowest BCUT2D eigenvalue weighted by molar-refractivity contribution is -0.136. The second kappa shape index (κ2) is 11.4. The number of hydrazone groups is 1. The number of hydrogen-bond donors (Lipinski definition) is 3. The van der Waals surface area contributed by atoms with Gasteiger partial charge in [-0.1, -0.05) is 18.2 Å². The molecule has 3 aromatic rings. The highest BCUT2D eigenvalue weighted by atomic mass is 19.1. The van der Waals surface area contributed by atoms with Gasteiger partial charge in [0.1, 0.15) is 11.6 Å². The maximum Gasteiger partial charge on any atom is 0.329 e. The van der Waals surface area contributed by atoms with Crippen molar-refractivity contribution in [3.05, 3.63) is 89.2 Å². The molecule has 0 radical (unpaired) electrons. The fourth-order valence-electron chi connectivity index (χ4n) is 3.00. The Bertz CT molecular complexity index is 1210. The van der Waals surface area contributed by atoms with Gasteiger partial charge < -0.3 is 15.4 Å². The van der Waals surface area contributed by atoms with Gasteiger partial charge in [0, 0.05) is 5.69 Å². The smallest absolute Gasteiger partial charge is 0.329 e. The Morgan fingerprint density at radius 1 is 0.912 bits per heavy atom. The molecule has 34 heavy (non-hydrogen) atoms. The van der Waals surface area contributed by atoms with E-state index in [9.17, 15) is 18.8 Å². The topological polar surface area (TPSA) is 109 Å². The Labute approximate surface area is 195 Å². The number of carbonyl (C=O) groups excluding carboxylic acids is 3. The summed E-state index contributed by atoms with van der Waals surface area (Å²) in [5.41, 5.74) is 5.39. The van der Waals surface area contributed by atoms with Gasteiger partial charge >= 0.3 is 11.8 Å². The molecule has 0 fully saturated rings. The van der Waals surface area contributed by atoms with Crippen molar-refractivity contribution < 1.29 is 23.5 Å². The predicted molar refractivity (Wildman–Crippen MR) is 127 cm³/mol. The van der Waals surface area contributed by atoms with Crippen LogP contribution >= 0.6 is 0 Å². The predicted octanol–water partition coefficient (Wildman–Crippen LogP) is 3.55. The molecule has 0 saturated carbocycles. The van der Waals surface area contributed by atoms with Crippen LogP contribution in [0.4, 0.5) is 15.8 Å². The zero-order valence-corrected chi connectivity index (χ0v) is 18.6. The maximum atomic E-state index is 13.5. The minimum atomic E-state index is -1.05. The number of benzene rings is 3. The van der Waals surface area contributed by atoms with Crippen LogP contribution in [0.5, 0.6) is 5.75 Å². The Morgan fingerprint density at radius 3 is 2.26 bits per heavy atom. The van der Waals surface area contributed by atoms with Crippen LogP contribution in [0.2, 0.25) is 0 Å². The van der Waals surface area contributed by atoms with Gasteiger partial charge in [0.2, 0.25) is 0 Å². The molecule has 174 valence electrons. The van der Waals surface area contributed by atoms with Crippen LogP contribution in [-0.4, -0.2) is 30.5 Å². The van der Waals surface area contributed by atoms with Gasteiger partial charge in [0.15, 0.2) is 6.61 Å². The number of rotatable bonds is 7. The Balaban J connectivity index is 1.44. The van der Waals surface area contributed by atoms with Crippen molar-refractivity contribution in [3.63, 3.8) is 0 Å². The minimum absolute atomic E-state index is 0.107. The van der Waals surface area contributed by atoms with E-state index in [1.165, 1.54) is 24.4 Å². The van der Waals surface area contributed by atoms with Crippen LogP contribution in [0.25, 0.3) is 0 Å². The molecule has 0 aliphatic heterocycles. The second-order valence-corrected chi connectivity index (χ2v) is 7.42. The molecule has 3 rings (SSSR count). The number of amides is 3. The van der Waals surface area contributed by atoms with Gasteiger partial charge in [0.05, 0.1) is 11.9 Å². The van der Waals surface area contributed by atoms with Crippen LogP contribution in [-0.2, 0) is 14.4 Å². The standard InChI is InChI=1S/C25H23FN4O4/c1-16-11-17(2)13-19(12-16)28-23(31)15-34-20-9-7-18(8-10-20)14-27-30-25(33)24(32)29-22-6-4-3-5-21(22)26/h3-14H,15H2,1-2H3,(H,28,31)(H,29,32)(H,30,33)/b27-14-. The van der Waals surface area contributed by atoms with Crippen LogP contribution in [0.15, 0.2) is 71.8 Å². The molecule has 0 saturated heterocycles. The van der Waals surface area contributed by atoms with Crippen molar-refractivity contribution in [2.75, 3.05) is 17.2 Å². The SMILES string of the molecule is Cc1cc(C)cc(NC(=O)COc2ccc(/C=N\NC(=O)C(=O)Nc3ccccc3F)cc2)c1. The Hall–Kier alpha value is -4.53. The van der Waals surface area contributed by atoms with Crippen molar-refractivity contribution in [1.29, 1.82) is 0 Å². The van der Waals surface area contributed by atoms with E-state index in [2.05, 4.69) is 21.2 Å². The summed E-state index contributed by atoms with van der Waals surface area (Å²) in [6, 6.07) is 17.9. The lowest BCUT2D eigenvalue weighted by Crippen LogP contribution is -2.32. The average molecular weight is 462 g/mol. The number of hydrogen-bond acceptors (Lipinski definition) is 5. The van der Waals surface area contributed by atoms with E-state index >= 15 is 0 Å². The van der Waals surface area contributed by atoms with Gasteiger partial charge in [0.25, 0.3) is 5.91 Å². The summed E-state index contributed by atoms with van der Waals surface area (Å²) in [7, 11) is 0. The fourth-order valence-corrected chi connectivity index (χ4v) is 3.00. The fraction of sp³-hybridized carbons (Fsp3) is 0.120. The van der Waals surface area contributed by atoms with Crippen molar-refractivity contribution in [2.24, 2.45) is 5.10 Å². The Morgan fingerprint density at radius 2 is 1.59 bits per heavy atom. The number of anilines is 2. The van der Waals surface area contributed by atoms with Gasteiger partial charge in [-0.25, -0.2) is 9.82 Å². The van der Waals surface area contributed by atoms with Gasteiger partial charge in [-0.3, -0.25) is 14.4 Å². The molecule has 0 aliphatic rings. The summed E-state index contributed by atoms with van der Waals surface area (Å²) in [5, 5.41) is 8.66. The number of aryl methyl sites for hydroxylation is 2. The normalized spacial score (nSPS) is 10.6. The molecule has 0 aromatic heterocycles. The van der Waals surface area contributed by atoms with Crippen molar-refractivity contribution in [2.45, 2.75) is 13.8 Å². The highest BCUT2D eigenvalue weighted by Gasteiger charge is 2.14. The number of ether oxygens (including phenoxy) is 1. The molecule has 8 nitrogen and oxygen atoms in total. The third-order valence-electron chi connectivity index (χ3n) is 4.46. The van der Waals surface area contributed by atoms with E-state index < -0.39 is 17.6 Å². The van der Waals surface area contributed by atoms with E-state index in [-0.39, 0.29) is 18.2 Å². The second-order valence-electron chi connectivity index (χ2n) is 7.42. The third-order valence-corrected chi connectivity index (χ3v) is 4.46. The maximum absolute atomic E-state index is 13.5. The molecule has 0 unspecified atom stereocenters. The quantitative estimate of drug-likeness (QED) is 0.283. The van der Waals surface area contributed by atoms with Crippen molar-refractivity contribution >= 4 is 35.3 Å². The van der Waals surface area contributed by atoms with E-state index in [0.717, 1.165) is 17.2 Å². The number of para-hydroxylation sites is 1. The summed E-state index contributed by atoms with van der Waals surface area (Å²) in [4.78, 5) is 35.7. The first-order chi connectivity index (χ1) is 16.3. The van der Waals surface area contributed by atoms with E-state index in [1.807, 2.05) is 32.0 Å². The summed E-state index contributed by atoms with van der Waals surface area (Å²) in [5.74, 6) is -2.57. The minimum Gasteiger partial charge on any atom is -0.484 e. The van der Waals surface area contributed by atoms with Crippen LogP contribution < -0.4 is 20.8 Å². The average Bonchev–Trinajstić information content (AvgIpc) is 2.79. The summed E-state index contributed by atoms with van der Waals surface area (Å²) in [6.45, 7) is 3.75. The number of halogens is 1. The van der Waals surface area contributed by atoms with E-state index in [4.69, 9.17) is 4.74 Å². The van der Waals surface area contributed by atoms with E-state index in [1.54, 1.807) is 24.3 Å². The first kappa shape index (κ1) is 24.1. The van der Waals surface area contributed by atoms with Crippen LogP contribution in [0.3, 0.4) is 0 Å². The summed E-state index contributed by atoms with van der Waals surface area (Å²) >= 11 is 0. The monoisotopic (exact) mass is 462 g/mol. The molecule has 0 heterocycles. The molecule has 0 bridgehead atoms. The van der Waals surface area contributed by atoms with Gasteiger partial charge in [-0.2, -0.15) is 5.10 Å². The first-order valence-electron chi connectivity index (χ1n) is 10.3. The summed E-state index contributed by atoms with van der Waals surface area (Å²) in [6.07, 6.45) is 1.32. The molecule has 0 spiro atoms. The van der Waals surface area contributed by atoms with Crippen molar-refractivity contribution in [1.82, 2.24) is 5.43 Å². The highest BCUT2D eigenvalue weighted by Crippen LogP contribution is 2.15. The molecule has 3 N–H and O–H groups in total. The molecular weight excluding hydrogens is 439 g/mol. The Kier molecular flexibility index (Phi) is 8.07. The zero-order valence-electron chi connectivity index (χ0n) is 18.6. The first-order valence-corrected chi connectivity index (χ1v) is 10.3. The lowest BCUT2D eigenvalue weighted by atomic mass is 10.1. The molecule has 3 aromatic carbocycles. The largest absolute Gasteiger partial charge is 0.484 e.